The SMILES string of the molecule is CCC1COCCN1S(=O)(=O)c1c(C)nn(CCO)c1C. The zero-order chi connectivity index (χ0) is 15.6. The van der Waals surface area contributed by atoms with Crippen molar-refractivity contribution in [2.24, 2.45) is 0 Å². The highest BCUT2D eigenvalue weighted by Gasteiger charge is 2.36. The van der Waals surface area contributed by atoms with Crippen LogP contribution in [0.4, 0.5) is 0 Å². The molecule has 0 radical (unpaired) electrons. The van der Waals surface area contributed by atoms with Gasteiger partial charge in [-0.05, 0) is 20.3 Å². The number of hydrogen-bond donors (Lipinski definition) is 1. The highest BCUT2D eigenvalue weighted by Crippen LogP contribution is 2.27. The molecule has 1 atom stereocenters. The van der Waals surface area contributed by atoms with Gasteiger partial charge >= 0.3 is 0 Å². The van der Waals surface area contributed by atoms with Crippen molar-refractivity contribution in [3.05, 3.63) is 11.4 Å². The third-order valence-corrected chi connectivity index (χ3v) is 6.04. The number of aromatic nitrogens is 2. The van der Waals surface area contributed by atoms with Gasteiger partial charge in [0, 0.05) is 12.6 Å². The lowest BCUT2D eigenvalue weighted by Gasteiger charge is -2.34. The molecule has 1 aromatic heterocycles. The number of nitrogens with zero attached hydrogens (tertiary/aromatic N) is 3. The lowest BCUT2D eigenvalue weighted by molar-refractivity contribution is 0.0314. The van der Waals surface area contributed by atoms with Gasteiger partial charge in [-0.15, -0.1) is 0 Å². The highest BCUT2D eigenvalue weighted by molar-refractivity contribution is 7.89. The quantitative estimate of drug-likeness (QED) is 0.844. The van der Waals surface area contributed by atoms with E-state index in [4.69, 9.17) is 9.84 Å². The Morgan fingerprint density at radius 1 is 1.43 bits per heavy atom. The summed E-state index contributed by atoms with van der Waals surface area (Å²) in [5.74, 6) is 0. The molecule has 1 aromatic rings. The van der Waals surface area contributed by atoms with Crippen molar-refractivity contribution in [3.8, 4) is 0 Å². The number of rotatable bonds is 5. The number of aliphatic hydroxyl groups excluding tert-OH is 1. The van der Waals surface area contributed by atoms with E-state index in [1.165, 1.54) is 4.31 Å². The zero-order valence-electron chi connectivity index (χ0n) is 12.7. The fraction of sp³-hybridized carbons (Fsp3) is 0.769. The highest BCUT2D eigenvalue weighted by atomic mass is 32.2. The lowest BCUT2D eigenvalue weighted by atomic mass is 10.2. The van der Waals surface area contributed by atoms with E-state index in [-0.39, 0.29) is 17.5 Å². The van der Waals surface area contributed by atoms with Crippen LogP contribution in [0, 0.1) is 13.8 Å². The molecule has 0 aliphatic carbocycles. The van der Waals surface area contributed by atoms with Crippen LogP contribution in [0.15, 0.2) is 4.90 Å². The van der Waals surface area contributed by atoms with Crippen molar-refractivity contribution in [2.45, 2.75) is 44.7 Å². The predicted octanol–water partition coefficient (Wildman–Crippen LogP) is 0.292. The molecule has 0 spiro atoms. The maximum absolute atomic E-state index is 13.0. The van der Waals surface area contributed by atoms with Crippen molar-refractivity contribution in [1.29, 1.82) is 0 Å². The Bertz CT molecular complexity index is 597. The number of sulfonamides is 1. The van der Waals surface area contributed by atoms with Gasteiger partial charge in [0.05, 0.1) is 37.8 Å². The van der Waals surface area contributed by atoms with Crippen LogP contribution in [0.2, 0.25) is 0 Å². The fourth-order valence-electron chi connectivity index (χ4n) is 2.76. The van der Waals surface area contributed by atoms with Crippen LogP contribution in [0.3, 0.4) is 0 Å². The van der Waals surface area contributed by atoms with Crippen molar-refractivity contribution in [3.63, 3.8) is 0 Å². The summed E-state index contributed by atoms with van der Waals surface area (Å²) in [5.41, 5.74) is 1.05. The minimum Gasteiger partial charge on any atom is -0.394 e. The van der Waals surface area contributed by atoms with Crippen molar-refractivity contribution in [1.82, 2.24) is 14.1 Å². The molecule has 1 saturated heterocycles. The molecule has 2 heterocycles. The number of ether oxygens (including phenoxy) is 1. The first kappa shape index (κ1) is 16.4. The minimum atomic E-state index is -3.59. The average Bonchev–Trinajstić information content (AvgIpc) is 2.74. The molecule has 0 amide bonds. The summed E-state index contributed by atoms with van der Waals surface area (Å²) in [6.45, 7) is 6.80. The summed E-state index contributed by atoms with van der Waals surface area (Å²) in [6.07, 6.45) is 0.710. The average molecular weight is 317 g/mol. The van der Waals surface area contributed by atoms with E-state index in [1.807, 2.05) is 6.92 Å². The van der Waals surface area contributed by atoms with Crippen molar-refractivity contribution >= 4 is 10.0 Å². The van der Waals surface area contributed by atoms with Gasteiger partial charge in [-0.3, -0.25) is 4.68 Å². The van der Waals surface area contributed by atoms with E-state index in [9.17, 15) is 8.42 Å². The molecule has 1 N–H and O–H groups in total. The fourth-order valence-corrected chi connectivity index (χ4v) is 4.81. The van der Waals surface area contributed by atoms with Gasteiger partial charge in [-0.2, -0.15) is 9.40 Å². The maximum Gasteiger partial charge on any atom is 0.247 e. The third-order valence-electron chi connectivity index (χ3n) is 3.84. The van der Waals surface area contributed by atoms with E-state index in [0.29, 0.717) is 44.1 Å². The van der Waals surface area contributed by atoms with Gasteiger partial charge in [0.15, 0.2) is 0 Å². The number of morpholine rings is 1. The molecule has 8 heteroatoms. The molecule has 2 rings (SSSR count). The number of hydrogen-bond acceptors (Lipinski definition) is 5. The molecule has 21 heavy (non-hydrogen) atoms. The normalized spacial score (nSPS) is 20.9. The third kappa shape index (κ3) is 2.98. The first-order valence-corrected chi connectivity index (χ1v) is 8.62. The second-order valence-electron chi connectivity index (χ2n) is 5.20. The van der Waals surface area contributed by atoms with Gasteiger partial charge in [-0.25, -0.2) is 8.42 Å². The summed E-state index contributed by atoms with van der Waals surface area (Å²) in [6, 6.07) is -0.135. The minimum absolute atomic E-state index is 0.0728. The van der Waals surface area contributed by atoms with Gasteiger partial charge in [0.1, 0.15) is 4.90 Å². The molecule has 1 aliphatic heterocycles. The molecule has 1 aliphatic rings. The van der Waals surface area contributed by atoms with Crippen LogP contribution in [0.25, 0.3) is 0 Å². The topological polar surface area (TPSA) is 84.7 Å². The summed E-state index contributed by atoms with van der Waals surface area (Å²) in [5, 5.41) is 13.3. The van der Waals surface area contributed by atoms with Crippen LogP contribution < -0.4 is 0 Å². The van der Waals surface area contributed by atoms with Crippen molar-refractivity contribution in [2.75, 3.05) is 26.4 Å². The summed E-state index contributed by atoms with van der Waals surface area (Å²) >= 11 is 0. The summed E-state index contributed by atoms with van der Waals surface area (Å²) < 4.78 is 34.4. The van der Waals surface area contributed by atoms with E-state index >= 15 is 0 Å². The Labute approximate surface area is 125 Å². The van der Waals surface area contributed by atoms with Crippen LogP contribution in [-0.2, 0) is 21.3 Å². The Kier molecular flexibility index (Phi) is 5.03. The number of aryl methyl sites for hydroxylation is 1. The molecule has 7 nitrogen and oxygen atoms in total. The van der Waals surface area contributed by atoms with Gasteiger partial charge in [-0.1, -0.05) is 6.92 Å². The van der Waals surface area contributed by atoms with Gasteiger partial charge < -0.3 is 9.84 Å². The van der Waals surface area contributed by atoms with E-state index < -0.39 is 10.0 Å². The predicted molar refractivity (Wildman–Crippen MR) is 77.6 cm³/mol. The van der Waals surface area contributed by atoms with Crippen LogP contribution in [-0.4, -0.2) is 60.0 Å². The standard InChI is InChI=1S/C13H23N3O4S/c1-4-12-9-20-8-6-16(12)21(18,19)13-10(2)14-15(5-7-17)11(13)3/h12,17H,4-9H2,1-3H3. The molecule has 0 aromatic carbocycles. The van der Waals surface area contributed by atoms with Gasteiger partial charge in [0.2, 0.25) is 10.0 Å². The van der Waals surface area contributed by atoms with E-state index in [0.717, 1.165) is 0 Å². The molecule has 1 unspecified atom stereocenters. The molecule has 0 bridgehead atoms. The summed E-state index contributed by atoms with van der Waals surface area (Å²) in [4.78, 5) is 0.260. The second-order valence-corrected chi connectivity index (χ2v) is 7.03. The Morgan fingerprint density at radius 3 is 2.76 bits per heavy atom. The largest absolute Gasteiger partial charge is 0.394 e. The maximum atomic E-state index is 13.0. The van der Waals surface area contributed by atoms with Crippen molar-refractivity contribution < 1.29 is 18.3 Å². The molecule has 120 valence electrons. The Morgan fingerprint density at radius 2 is 2.14 bits per heavy atom. The molecular weight excluding hydrogens is 294 g/mol. The monoisotopic (exact) mass is 317 g/mol. The Balaban J connectivity index is 2.43. The molecule has 0 saturated carbocycles. The molecular formula is C13H23N3O4S. The van der Waals surface area contributed by atoms with E-state index in [2.05, 4.69) is 5.10 Å². The smallest absolute Gasteiger partial charge is 0.247 e. The second kappa shape index (κ2) is 6.43. The van der Waals surface area contributed by atoms with E-state index in [1.54, 1.807) is 18.5 Å². The Hall–Kier alpha value is -0.960. The lowest BCUT2D eigenvalue weighted by Crippen LogP contribution is -2.48. The van der Waals surface area contributed by atoms with Gasteiger partial charge in [0.25, 0.3) is 0 Å². The first-order valence-electron chi connectivity index (χ1n) is 7.18. The summed E-state index contributed by atoms with van der Waals surface area (Å²) in [7, 11) is -3.59. The number of aliphatic hydroxyl groups is 1. The van der Waals surface area contributed by atoms with Crippen LogP contribution >= 0.6 is 0 Å². The molecule has 1 fully saturated rings. The van der Waals surface area contributed by atoms with Crippen LogP contribution in [0.1, 0.15) is 24.7 Å². The first-order chi connectivity index (χ1) is 9.93. The zero-order valence-corrected chi connectivity index (χ0v) is 13.6. The van der Waals surface area contributed by atoms with Crippen LogP contribution in [0.5, 0.6) is 0 Å².